The van der Waals surface area contributed by atoms with Crippen molar-refractivity contribution in [2.45, 2.75) is 13.5 Å². The van der Waals surface area contributed by atoms with Crippen molar-refractivity contribution in [2.24, 2.45) is 0 Å². The van der Waals surface area contributed by atoms with E-state index >= 15 is 0 Å². The molecule has 0 saturated heterocycles. The van der Waals surface area contributed by atoms with Gasteiger partial charge in [-0.25, -0.2) is 0 Å². The van der Waals surface area contributed by atoms with Crippen molar-refractivity contribution in [1.29, 1.82) is 0 Å². The molecule has 1 heterocycles. The van der Waals surface area contributed by atoms with Crippen LogP contribution in [0.2, 0.25) is 0 Å². The van der Waals surface area contributed by atoms with Gasteiger partial charge in [0.2, 0.25) is 0 Å². The summed E-state index contributed by atoms with van der Waals surface area (Å²) in [5.41, 5.74) is 2.19. The Labute approximate surface area is 105 Å². The Morgan fingerprint density at radius 2 is 2.35 bits per heavy atom. The van der Waals surface area contributed by atoms with Gasteiger partial charge >= 0.3 is 0 Å². The monoisotopic (exact) mass is 249 g/mol. The fourth-order valence-electron chi connectivity index (χ4n) is 1.42. The number of ether oxygens (including phenoxy) is 1. The molecule has 1 aromatic carbocycles. The van der Waals surface area contributed by atoms with E-state index in [0.717, 1.165) is 24.5 Å². The van der Waals surface area contributed by atoms with E-state index < -0.39 is 0 Å². The molecule has 1 aromatic heterocycles. The summed E-state index contributed by atoms with van der Waals surface area (Å²) in [7, 11) is 0. The summed E-state index contributed by atoms with van der Waals surface area (Å²) < 4.78 is 9.41. The molecule has 5 heteroatoms. The third kappa shape index (κ3) is 4.13. The lowest BCUT2D eigenvalue weighted by Gasteiger charge is -2.07. The summed E-state index contributed by atoms with van der Waals surface area (Å²) in [6.45, 7) is 4.25. The van der Waals surface area contributed by atoms with Gasteiger partial charge in [-0.15, -0.1) is 5.10 Å². The molecule has 0 atom stereocenters. The topological polar surface area (TPSA) is 47.0 Å². The highest BCUT2D eigenvalue weighted by Crippen LogP contribution is 2.11. The minimum atomic E-state index is 0.654. The normalized spacial score (nSPS) is 10.4. The molecule has 0 unspecified atom stereocenters. The lowest BCUT2D eigenvalue weighted by Crippen LogP contribution is -2.20. The number of rotatable bonds is 6. The Hall–Kier alpha value is -1.46. The zero-order valence-corrected chi connectivity index (χ0v) is 10.5. The van der Waals surface area contributed by atoms with E-state index in [0.29, 0.717) is 6.61 Å². The average molecular weight is 249 g/mol. The third-order valence-corrected chi connectivity index (χ3v) is 2.80. The highest BCUT2D eigenvalue weighted by Gasteiger charge is 1.96. The van der Waals surface area contributed by atoms with Gasteiger partial charge in [-0.05, 0) is 36.2 Å². The van der Waals surface area contributed by atoms with Gasteiger partial charge in [-0.1, -0.05) is 16.6 Å². The second kappa shape index (κ2) is 6.32. The average Bonchev–Trinajstić information content (AvgIpc) is 2.82. The lowest BCUT2D eigenvalue weighted by molar-refractivity contribution is 0.313. The predicted molar refractivity (Wildman–Crippen MR) is 68.3 cm³/mol. The SMILES string of the molecule is Cc1cccc(OCCNCc2csnn2)c1. The number of aryl methyl sites for hydroxylation is 1. The Balaban J connectivity index is 1.63. The number of aromatic nitrogens is 2. The summed E-state index contributed by atoms with van der Waals surface area (Å²) in [6.07, 6.45) is 0. The van der Waals surface area contributed by atoms with E-state index in [1.165, 1.54) is 17.1 Å². The van der Waals surface area contributed by atoms with Crippen molar-refractivity contribution in [3.05, 3.63) is 40.9 Å². The van der Waals surface area contributed by atoms with Crippen LogP contribution in [0.3, 0.4) is 0 Å². The minimum Gasteiger partial charge on any atom is -0.492 e. The van der Waals surface area contributed by atoms with Crippen molar-refractivity contribution >= 4 is 11.5 Å². The second-order valence-electron chi connectivity index (χ2n) is 3.74. The molecule has 0 aliphatic heterocycles. The highest BCUT2D eigenvalue weighted by atomic mass is 32.1. The maximum atomic E-state index is 5.61. The molecule has 0 spiro atoms. The van der Waals surface area contributed by atoms with E-state index in [1.54, 1.807) is 0 Å². The Morgan fingerprint density at radius 3 is 3.12 bits per heavy atom. The van der Waals surface area contributed by atoms with E-state index in [9.17, 15) is 0 Å². The fourth-order valence-corrected chi connectivity index (χ4v) is 1.87. The van der Waals surface area contributed by atoms with Gasteiger partial charge in [0.25, 0.3) is 0 Å². The van der Waals surface area contributed by atoms with E-state index in [1.807, 2.05) is 23.6 Å². The quantitative estimate of drug-likeness (QED) is 0.796. The van der Waals surface area contributed by atoms with Gasteiger partial charge in [0.1, 0.15) is 12.4 Å². The van der Waals surface area contributed by atoms with E-state index in [4.69, 9.17) is 4.74 Å². The third-order valence-electron chi connectivity index (χ3n) is 2.25. The van der Waals surface area contributed by atoms with Gasteiger partial charge in [-0.3, -0.25) is 0 Å². The summed E-state index contributed by atoms with van der Waals surface area (Å²) >= 11 is 1.37. The number of benzene rings is 1. The first kappa shape index (κ1) is 12.0. The molecule has 1 N–H and O–H groups in total. The van der Waals surface area contributed by atoms with Crippen LogP contribution in [-0.4, -0.2) is 22.7 Å². The standard InChI is InChI=1S/C12H15N3OS/c1-10-3-2-4-12(7-10)16-6-5-13-8-11-9-17-15-14-11/h2-4,7,9,13H,5-6,8H2,1H3. The molecule has 0 aliphatic carbocycles. The summed E-state index contributed by atoms with van der Waals surface area (Å²) in [5, 5.41) is 9.14. The van der Waals surface area contributed by atoms with Crippen LogP contribution in [0, 0.1) is 6.92 Å². The summed E-state index contributed by atoms with van der Waals surface area (Å²) in [6, 6.07) is 8.06. The molecule has 0 fully saturated rings. The Bertz CT molecular complexity index is 445. The first-order chi connectivity index (χ1) is 8.34. The van der Waals surface area contributed by atoms with Crippen LogP contribution in [-0.2, 0) is 6.54 Å². The molecule has 0 bridgehead atoms. The Kier molecular flexibility index (Phi) is 4.46. The maximum absolute atomic E-state index is 5.61. The summed E-state index contributed by atoms with van der Waals surface area (Å²) in [4.78, 5) is 0. The van der Waals surface area contributed by atoms with Gasteiger partial charge < -0.3 is 10.1 Å². The maximum Gasteiger partial charge on any atom is 0.119 e. The summed E-state index contributed by atoms with van der Waals surface area (Å²) in [5.74, 6) is 0.919. The van der Waals surface area contributed by atoms with Crippen molar-refractivity contribution in [2.75, 3.05) is 13.2 Å². The molecular weight excluding hydrogens is 234 g/mol. The van der Waals surface area contributed by atoms with E-state index in [2.05, 4.69) is 27.9 Å². The minimum absolute atomic E-state index is 0.654. The molecule has 0 saturated carbocycles. The van der Waals surface area contributed by atoms with Gasteiger partial charge in [0, 0.05) is 18.5 Å². The van der Waals surface area contributed by atoms with Gasteiger partial charge in [0.05, 0.1) is 5.69 Å². The number of hydrogen-bond acceptors (Lipinski definition) is 5. The molecule has 4 nitrogen and oxygen atoms in total. The first-order valence-corrected chi connectivity index (χ1v) is 6.34. The highest BCUT2D eigenvalue weighted by molar-refractivity contribution is 7.03. The van der Waals surface area contributed by atoms with Crippen molar-refractivity contribution < 1.29 is 4.74 Å². The van der Waals surface area contributed by atoms with Crippen LogP contribution < -0.4 is 10.1 Å². The zero-order chi connectivity index (χ0) is 11.9. The molecule has 0 aliphatic rings. The van der Waals surface area contributed by atoms with Crippen LogP contribution in [0.1, 0.15) is 11.3 Å². The van der Waals surface area contributed by atoms with Crippen LogP contribution in [0.5, 0.6) is 5.75 Å². The second-order valence-corrected chi connectivity index (χ2v) is 4.35. The Morgan fingerprint density at radius 1 is 1.41 bits per heavy atom. The molecule has 2 rings (SSSR count). The van der Waals surface area contributed by atoms with Gasteiger partial charge in [-0.2, -0.15) is 0 Å². The number of nitrogens with zero attached hydrogens (tertiary/aromatic N) is 2. The molecule has 0 amide bonds. The number of nitrogens with one attached hydrogen (secondary N) is 1. The fraction of sp³-hybridized carbons (Fsp3) is 0.333. The van der Waals surface area contributed by atoms with Crippen LogP contribution in [0.15, 0.2) is 29.6 Å². The van der Waals surface area contributed by atoms with E-state index in [-0.39, 0.29) is 0 Å². The smallest absolute Gasteiger partial charge is 0.119 e. The van der Waals surface area contributed by atoms with Crippen LogP contribution in [0.4, 0.5) is 0 Å². The molecule has 0 radical (unpaired) electrons. The molecule has 2 aromatic rings. The van der Waals surface area contributed by atoms with Gasteiger partial charge in [0.15, 0.2) is 0 Å². The van der Waals surface area contributed by atoms with Crippen LogP contribution in [0.25, 0.3) is 0 Å². The molecule has 17 heavy (non-hydrogen) atoms. The molecular formula is C12H15N3OS. The molecule has 90 valence electrons. The zero-order valence-electron chi connectivity index (χ0n) is 9.72. The largest absolute Gasteiger partial charge is 0.492 e. The van der Waals surface area contributed by atoms with Crippen molar-refractivity contribution in [3.63, 3.8) is 0 Å². The predicted octanol–water partition coefficient (Wildman–Crippen LogP) is 2.02. The number of hydrogen-bond donors (Lipinski definition) is 1. The first-order valence-electron chi connectivity index (χ1n) is 5.51. The van der Waals surface area contributed by atoms with Crippen molar-refractivity contribution in [3.8, 4) is 5.75 Å². The van der Waals surface area contributed by atoms with Crippen molar-refractivity contribution in [1.82, 2.24) is 14.9 Å². The lowest BCUT2D eigenvalue weighted by atomic mass is 10.2. The van der Waals surface area contributed by atoms with Crippen LogP contribution >= 0.6 is 11.5 Å².